The number of amides is 1. The summed E-state index contributed by atoms with van der Waals surface area (Å²) >= 11 is 0. The highest BCUT2D eigenvalue weighted by molar-refractivity contribution is 5.90. The molecule has 0 spiro atoms. The fourth-order valence-corrected chi connectivity index (χ4v) is 1.61. The number of hydrogen-bond acceptors (Lipinski definition) is 3. The summed E-state index contributed by atoms with van der Waals surface area (Å²) in [7, 11) is 0. The Bertz CT molecular complexity index is 469. The van der Waals surface area contributed by atoms with Crippen molar-refractivity contribution in [1.82, 2.24) is 5.32 Å². The molecule has 5 nitrogen and oxygen atoms in total. The number of carbonyl (C=O) groups excluding carboxylic acids is 1. The van der Waals surface area contributed by atoms with Crippen LogP contribution in [0.15, 0.2) is 43.0 Å². The molecule has 5 heteroatoms. The summed E-state index contributed by atoms with van der Waals surface area (Å²) in [5.41, 5.74) is 5.33. The highest BCUT2D eigenvalue weighted by atomic mass is 16.4. The van der Waals surface area contributed by atoms with E-state index in [-0.39, 0.29) is 6.42 Å². The lowest BCUT2D eigenvalue weighted by Crippen LogP contribution is -2.53. The van der Waals surface area contributed by atoms with Gasteiger partial charge in [-0.3, -0.25) is 4.79 Å². The van der Waals surface area contributed by atoms with Gasteiger partial charge in [-0.05, 0) is 18.9 Å². The van der Waals surface area contributed by atoms with Gasteiger partial charge in [0.05, 0.1) is 0 Å². The lowest BCUT2D eigenvalue weighted by atomic mass is 9.92. The summed E-state index contributed by atoms with van der Waals surface area (Å²) in [6.07, 6.45) is 1.58. The van der Waals surface area contributed by atoms with Gasteiger partial charge in [0.15, 0.2) is 0 Å². The molecule has 1 amide bonds. The number of carboxylic acids is 1. The van der Waals surface area contributed by atoms with Crippen LogP contribution in [0.2, 0.25) is 0 Å². The Morgan fingerprint density at radius 1 is 1.47 bits per heavy atom. The van der Waals surface area contributed by atoms with Crippen molar-refractivity contribution in [3.63, 3.8) is 0 Å². The molecule has 0 aliphatic carbocycles. The fourth-order valence-electron chi connectivity index (χ4n) is 1.61. The van der Waals surface area contributed by atoms with E-state index in [2.05, 4.69) is 11.9 Å². The predicted molar refractivity (Wildman–Crippen MR) is 72.4 cm³/mol. The Morgan fingerprint density at radius 2 is 2.05 bits per heavy atom. The molecule has 0 saturated heterocycles. The summed E-state index contributed by atoms with van der Waals surface area (Å²) in [6, 6.07) is 7.79. The smallest absolute Gasteiger partial charge is 0.326 e. The maximum Gasteiger partial charge on any atom is 0.326 e. The summed E-state index contributed by atoms with van der Waals surface area (Å²) in [5, 5.41) is 11.4. The van der Waals surface area contributed by atoms with Gasteiger partial charge in [0.25, 0.3) is 0 Å². The van der Waals surface area contributed by atoms with Crippen molar-refractivity contribution in [3.05, 3.63) is 48.6 Å². The molecule has 4 N–H and O–H groups in total. The molecule has 102 valence electrons. The van der Waals surface area contributed by atoms with E-state index >= 15 is 0 Å². The first-order valence-electron chi connectivity index (χ1n) is 5.88. The third-order valence-electron chi connectivity index (χ3n) is 2.85. The van der Waals surface area contributed by atoms with E-state index in [1.54, 1.807) is 31.2 Å². The van der Waals surface area contributed by atoms with Crippen LogP contribution in [0.5, 0.6) is 0 Å². The zero-order chi connectivity index (χ0) is 14.5. The Hall–Kier alpha value is -2.14. The van der Waals surface area contributed by atoms with Gasteiger partial charge in [0.2, 0.25) is 5.91 Å². The quantitative estimate of drug-likeness (QED) is 0.667. The predicted octanol–water partition coefficient (Wildman–Crippen LogP) is 1.01. The van der Waals surface area contributed by atoms with Crippen LogP contribution < -0.4 is 11.1 Å². The Labute approximate surface area is 112 Å². The minimum Gasteiger partial charge on any atom is -0.480 e. The second-order valence-corrected chi connectivity index (χ2v) is 4.46. The Kier molecular flexibility index (Phi) is 4.83. The normalized spacial score (nSPS) is 15.1. The van der Waals surface area contributed by atoms with Crippen molar-refractivity contribution >= 4 is 11.9 Å². The minimum atomic E-state index is -1.28. The summed E-state index contributed by atoms with van der Waals surface area (Å²) in [6.45, 7) is 5.01. The average Bonchev–Trinajstić information content (AvgIpc) is 2.38. The Balaban J connectivity index is 2.87. The van der Waals surface area contributed by atoms with E-state index in [1.165, 1.54) is 6.08 Å². The molecule has 0 aliphatic heterocycles. The van der Waals surface area contributed by atoms with Crippen LogP contribution in [0.1, 0.15) is 18.9 Å². The molecular formula is C14H18N2O3. The number of hydrogen-bond donors (Lipinski definition) is 3. The van der Waals surface area contributed by atoms with Crippen LogP contribution in [-0.4, -0.2) is 23.0 Å². The molecule has 0 radical (unpaired) electrons. The first-order valence-corrected chi connectivity index (χ1v) is 5.88. The molecule has 0 aliphatic rings. The molecule has 0 heterocycles. The van der Waals surface area contributed by atoms with Crippen LogP contribution in [0.3, 0.4) is 0 Å². The number of rotatable bonds is 6. The van der Waals surface area contributed by atoms with E-state index in [9.17, 15) is 9.59 Å². The average molecular weight is 262 g/mol. The van der Waals surface area contributed by atoms with Crippen molar-refractivity contribution < 1.29 is 14.7 Å². The van der Waals surface area contributed by atoms with Gasteiger partial charge < -0.3 is 16.2 Å². The number of carboxylic acid groups (broad SMARTS) is 1. The topological polar surface area (TPSA) is 92.4 Å². The van der Waals surface area contributed by atoms with Crippen LogP contribution in [-0.2, 0) is 15.1 Å². The van der Waals surface area contributed by atoms with Gasteiger partial charge in [0, 0.05) is 0 Å². The van der Waals surface area contributed by atoms with Gasteiger partial charge >= 0.3 is 5.97 Å². The number of carbonyl (C=O) groups is 2. The van der Waals surface area contributed by atoms with Gasteiger partial charge in [-0.15, -0.1) is 6.58 Å². The standard InChI is InChI=1S/C14H18N2O3/c1-3-7-11(12(17)18)16-13(19)14(2,15)10-8-5-4-6-9-10/h3-6,8-9,11H,1,7,15H2,2H3,(H,16,19)(H,17,18). The van der Waals surface area contributed by atoms with Crippen LogP contribution >= 0.6 is 0 Å². The first kappa shape index (κ1) is 14.9. The third-order valence-corrected chi connectivity index (χ3v) is 2.85. The molecule has 0 aromatic heterocycles. The summed E-state index contributed by atoms with van der Waals surface area (Å²) in [4.78, 5) is 23.1. The maximum absolute atomic E-state index is 12.1. The molecule has 2 atom stereocenters. The Morgan fingerprint density at radius 3 is 2.53 bits per heavy atom. The van der Waals surface area contributed by atoms with Crippen LogP contribution in [0.25, 0.3) is 0 Å². The molecular weight excluding hydrogens is 244 g/mol. The monoisotopic (exact) mass is 262 g/mol. The molecule has 0 fully saturated rings. The fraction of sp³-hybridized carbons (Fsp3) is 0.286. The second-order valence-electron chi connectivity index (χ2n) is 4.46. The van der Waals surface area contributed by atoms with Gasteiger partial charge in [-0.2, -0.15) is 0 Å². The van der Waals surface area contributed by atoms with Gasteiger partial charge in [-0.25, -0.2) is 4.79 Å². The van der Waals surface area contributed by atoms with Crippen LogP contribution in [0.4, 0.5) is 0 Å². The number of nitrogens with one attached hydrogen (secondary N) is 1. The molecule has 0 saturated carbocycles. The van der Waals surface area contributed by atoms with Crippen LogP contribution in [0, 0.1) is 0 Å². The van der Waals surface area contributed by atoms with Crippen molar-refractivity contribution in [1.29, 1.82) is 0 Å². The lowest BCUT2D eigenvalue weighted by molar-refractivity contribution is -0.142. The van der Waals surface area contributed by atoms with Gasteiger partial charge in [-0.1, -0.05) is 36.4 Å². The van der Waals surface area contributed by atoms with E-state index in [4.69, 9.17) is 10.8 Å². The van der Waals surface area contributed by atoms with Crippen molar-refractivity contribution in [2.75, 3.05) is 0 Å². The lowest BCUT2D eigenvalue weighted by Gasteiger charge is -2.26. The summed E-state index contributed by atoms with van der Waals surface area (Å²) < 4.78 is 0. The molecule has 1 aromatic rings. The SMILES string of the molecule is C=CCC(NC(=O)C(C)(N)c1ccccc1)C(=O)O. The van der Waals surface area contributed by atoms with Gasteiger partial charge in [0.1, 0.15) is 11.6 Å². The zero-order valence-corrected chi connectivity index (χ0v) is 10.8. The van der Waals surface area contributed by atoms with Crippen molar-refractivity contribution in [2.24, 2.45) is 5.73 Å². The molecule has 1 rings (SSSR count). The van der Waals surface area contributed by atoms with E-state index < -0.39 is 23.5 Å². The van der Waals surface area contributed by atoms with Crippen molar-refractivity contribution in [3.8, 4) is 0 Å². The first-order chi connectivity index (χ1) is 8.89. The van der Waals surface area contributed by atoms with E-state index in [0.29, 0.717) is 5.56 Å². The molecule has 19 heavy (non-hydrogen) atoms. The maximum atomic E-state index is 12.1. The number of aliphatic carboxylic acids is 1. The number of nitrogens with two attached hydrogens (primary N) is 1. The number of benzene rings is 1. The second kappa shape index (κ2) is 6.15. The van der Waals surface area contributed by atoms with E-state index in [0.717, 1.165) is 0 Å². The summed E-state index contributed by atoms with van der Waals surface area (Å²) in [5.74, 6) is -1.65. The molecule has 0 bridgehead atoms. The zero-order valence-electron chi connectivity index (χ0n) is 10.8. The highest BCUT2D eigenvalue weighted by Crippen LogP contribution is 2.17. The molecule has 1 aromatic carbocycles. The van der Waals surface area contributed by atoms with Crippen molar-refractivity contribution in [2.45, 2.75) is 24.9 Å². The van der Waals surface area contributed by atoms with E-state index in [1.807, 2.05) is 6.07 Å². The molecule has 2 unspecified atom stereocenters. The highest BCUT2D eigenvalue weighted by Gasteiger charge is 2.33. The third kappa shape index (κ3) is 3.66. The largest absolute Gasteiger partial charge is 0.480 e. The minimum absolute atomic E-state index is 0.145.